The van der Waals surface area contributed by atoms with Gasteiger partial charge in [-0.3, -0.25) is 0 Å². The van der Waals surface area contributed by atoms with E-state index in [1.165, 1.54) is 18.9 Å². The summed E-state index contributed by atoms with van der Waals surface area (Å²) in [6, 6.07) is 0. The molecule has 1 unspecified atom stereocenters. The van der Waals surface area contributed by atoms with Crippen molar-refractivity contribution in [1.29, 1.82) is 0 Å². The second kappa shape index (κ2) is 26.6. The summed E-state index contributed by atoms with van der Waals surface area (Å²) in [6.45, 7) is 12.1. The van der Waals surface area contributed by atoms with Crippen molar-refractivity contribution in [2.45, 2.75) is 46.1 Å². The van der Waals surface area contributed by atoms with E-state index >= 15 is 0 Å². The summed E-state index contributed by atoms with van der Waals surface area (Å²) in [6.07, 6.45) is 9.48. The number of aliphatic hydroxyl groups excluding tert-OH is 1. The minimum Gasteiger partial charge on any atom is -0.381 e. The molecular weight excluding hydrogens is 306 g/mol. The highest BCUT2D eigenvalue weighted by atomic mass is 16.6. The summed E-state index contributed by atoms with van der Waals surface area (Å²) in [5.41, 5.74) is 13.4. The molecule has 6 N–H and O–H groups in total. The molecule has 0 aliphatic carbocycles. The third-order valence-corrected chi connectivity index (χ3v) is 2.40. The van der Waals surface area contributed by atoms with E-state index < -0.39 is 6.10 Å². The second-order valence-electron chi connectivity index (χ2n) is 4.66. The lowest BCUT2D eigenvalue weighted by Gasteiger charge is -2.04. The number of rotatable bonds is 11. The summed E-state index contributed by atoms with van der Waals surface area (Å²) in [5.74, 6) is 0. The molecule has 146 valence electrons. The van der Waals surface area contributed by atoms with Crippen LogP contribution < -0.4 is 16.9 Å². The van der Waals surface area contributed by atoms with Gasteiger partial charge in [-0.05, 0) is 18.5 Å². The molecule has 0 aliphatic heterocycles. The molecule has 0 bridgehead atoms. The molecule has 24 heavy (non-hydrogen) atoms. The Labute approximate surface area is 150 Å². The molecule has 0 aliphatic rings. The molecule has 0 aromatic rings. The van der Waals surface area contributed by atoms with E-state index in [0.29, 0.717) is 31.6 Å². The molecule has 0 amide bonds. The predicted octanol–water partition coefficient (Wildman–Crippen LogP) is 2.35. The van der Waals surface area contributed by atoms with Crippen molar-refractivity contribution in [2.24, 2.45) is 11.5 Å². The van der Waals surface area contributed by atoms with Crippen molar-refractivity contribution < 1.29 is 17.6 Å². The number of aldehydes is 1. The number of allylic oxidation sites excluding steroid dienone is 2. The maximum Gasteiger partial charge on any atom is 0.153 e. The minimum atomic E-state index is -1.13. The van der Waals surface area contributed by atoms with Gasteiger partial charge in [-0.15, -0.1) is 0 Å². The number of carbonyl (C=O) groups is 1. The smallest absolute Gasteiger partial charge is 0.153 e. The highest BCUT2D eigenvalue weighted by Crippen LogP contribution is 2.02. The van der Waals surface area contributed by atoms with Crippen molar-refractivity contribution in [3.63, 3.8) is 0 Å². The largest absolute Gasteiger partial charge is 0.381 e. The predicted molar refractivity (Wildman–Crippen MR) is 107 cm³/mol. The zero-order valence-electron chi connectivity index (χ0n) is 15.5. The van der Waals surface area contributed by atoms with Gasteiger partial charge in [0.1, 0.15) is 6.10 Å². The van der Waals surface area contributed by atoms with Crippen molar-refractivity contribution in [2.75, 3.05) is 26.2 Å². The van der Waals surface area contributed by atoms with Gasteiger partial charge in [-0.25, -0.2) is 0 Å². The van der Waals surface area contributed by atoms with E-state index in [1.54, 1.807) is 18.2 Å². The normalized spacial score (nSPS) is 11.8. The Morgan fingerprint density at radius 1 is 1.25 bits per heavy atom. The number of hydrogen-bond acceptors (Lipinski definition) is 6. The van der Waals surface area contributed by atoms with Crippen LogP contribution in [0.1, 0.15) is 42.9 Å². The van der Waals surface area contributed by atoms with Gasteiger partial charge in [0.25, 0.3) is 0 Å². The molecule has 0 heterocycles. The molecule has 0 saturated carbocycles. The first-order valence-corrected chi connectivity index (χ1v) is 8.46. The fraction of sp³-hybridized carbons (Fsp3) is 0.611. The van der Waals surface area contributed by atoms with Gasteiger partial charge in [0.15, 0.2) is 6.29 Å². The molecule has 0 fully saturated rings. The Bertz CT molecular complexity index is 321. The molecule has 0 aromatic carbocycles. The number of unbranched alkanes of at least 4 members (excludes halogenated alkanes) is 1. The molecule has 1 atom stereocenters. The van der Waals surface area contributed by atoms with Gasteiger partial charge in [0.05, 0.1) is 6.61 Å². The number of hydroxylamine groups is 1. The van der Waals surface area contributed by atoms with Crippen LogP contribution in [0.4, 0.5) is 0 Å². The molecule has 0 aromatic heterocycles. The van der Waals surface area contributed by atoms with Crippen LogP contribution in [0.15, 0.2) is 36.5 Å². The first-order valence-electron chi connectivity index (χ1n) is 8.46. The van der Waals surface area contributed by atoms with Crippen LogP contribution in [0.3, 0.4) is 0 Å². The zero-order valence-corrected chi connectivity index (χ0v) is 15.5. The maximum atomic E-state index is 10.4. The maximum absolute atomic E-state index is 10.4. The molecule has 0 spiro atoms. The van der Waals surface area contributed by atoms with Crippen LogP contribution in [0.5, 0.6) is 0 Å². The van der Waals surface area contributed by atoms with Crippen LogP contribution in [0, 0.1) is 0 Å². The fourth-order valence-electron chi connectivity index (χ4n) is 0.901. The van der Waals surface area contributed by atoms with E-state index in [9.17, 15) is 9.90 Å². The highest BCUT2D eigenvalue weighted by molar-refractivity contribution is 5.63. The number of hydrogen-bond donors (Lipinski definition) is 4. The van der Waals surface area contributed by atoms with E-state index in [-0.39, 0.29) is 2.85 Å². The van der Waals surface area contributed by atoms with Crippen LogP contribution in [-0.4, -0.2) is 43.7 Å². The minimum absolute atomic E-state index is 0. The molecule has 0 rings (SSSR count). The van der Waals surface area contributed by atoms with Gasteiger partial charge in [-0.1, -0.05) is 64.5 Å². The van der Waals surface area contributed by atoms with Gasteiger partial charge >= 0.3 is 0 Å². The van der Waals surface area contributed by atoms with Gasteiger partial charge in [0, 0.05) is 15.9 Å². The number of nitrogens with two attached hydrogens (primary N) is 2. The topological polar surface area (TPSA) is 111 Å². The summed E-state index contributed by atoms with van der Waals surface area (Å²) < 4.78 is 0. The Kier molecular flexibility index (Phi) is 30.5. The third kappa shape index (κ3) is 25.6. The Morgan fingerprint density at radius 3 is 2.21 bits per heavy atom. The lowest BCUT2D eigenvalue weighted by molar-refractivity contribution is -0.113. The lowest BCUT2D eigenvalue weighted by atomic mass is 10.1. The third-order valence-electron chi connectivity index (χ3n) is 2.40. The first kappa shape index (κ1) is 27.5. The van der Waals surface area contributed by atoms with Crippen LogP contribution >= 0.6 is 0 Å². The lowest BCUT2D eigenvalue weighted by Crippen LogP contribution is -2.19. The SMILES string of the molecule is C=C/C=C(\C=C/CNOCCN)C(O)C=O.CCCC.CCCN.[HH].[HH]. The zero-order chi connectivity index (χ0) is 19.1. The quantitative estimate of drug-likeness (QED) is 0.198. The fourth-order valence-corrected chi connectivity index (χ4v) is 0.901. The van der Waals surface area contributed by atoms with Crippen molar-refractivity contribution in [3.8, 4) is 0 Å². The van der Waals surface area contributed by atoms with Gasteiger partial charge < -0.3 is 26.2 Å². The Morgan fingerprint density at radius 2 is 1.83 bits per heavy atom. The first-order chi connectivity index (χ1) is 11.6. The standard InChI is InChI=1S/C11H18N2O3.C4H10.C3H9N.2H2/c1-2-4-10(11(15)9-14)5-3-7-13-16-8-6-12;1-3-4-2;1-2-3-4;;/h2-5,9,11,13,15H,1,6-8,12H2;3-4H2,1-2H3;2-4H2,1H3;2*1H/b5-3-,10-4+;;;;. The van der Waals surface area contributed by atoms with E-state index in [1.807, 2.05) is 0 Å². The molecule has 0 saturated heterocycles. The van der Waals surface area contributed by atoms with Gasteiger partial charge in [-0.2, -0.15) is 5.48 Å². The average molecular weight is 348 g/mol. The molecular formula is C18H41N3O3. The van der Waals surface area contributed by atoms with Crippen molar-refractivity contribution >= 4 is 6.29 Å². The summed E-state index contributed by atoms with van der Waals surface area (Å²) in [4.78, 5) is 15.3. The van der Waals surface area contributed by atoms with Gasteiger partial charge in [0.2, 0.25) is 0 Å². The van der Waals surface area contributed by atoms with Crippen molar-refractivity contribution in [1.82, 2.24) is 5.48 Å². The Balaban J connectivity index is -0.000000124. The highest BCUT2D eigenvalue weighted by Gasteiger charge is 2.04. The average Bonchev–Trinajstić information content (AvgIpc) is 2.63. The van der Waals surface area contributed by atoms with Crippen LogP contribution in [-0.2, 0) is 9.63 Å². The monoisotopic (exact) mass is 347 g/mol. The Hall–Kier alpha value is -1.31. The number of nitrogens with one attached hydrogen (secondary N) is 1. The molecule has 0 radical (unpaired) electrons. The van der Waals surface area contributed by atoms with E-state index in [0.717, 1.165) is 13.0 Å². The molecule has 6 nitrogen and oxygen atoms in total. The second-order valence-corrected chi connectivity index (χ2v) is 4.66. The van der Waals surface area contributed by atoms with E-state index in [4.69, 9.17) is 16.3 Å². The van der Waals surface area contributed by atoms with Crippen LogP contribution in [0.2, 0.25) is 0 Å². The van der Waals surface area contributed by atoms with E-state index in [2.05, 4.69) is 32.8 Å². The van der Waals surface area contributed by atoms with Crippen molar-refractivity contribution in [3.05, 3.63) is 36.5 Å². The summed E-state index contributed by atoms with van der Waals surface area (Å²) >= 11 is 0. The number of carbonyl (C=O) groups excluding carboxylic acids is 1. The van der Waals surface area contributed by atoms with Crippen LogP contribution in [0.25, 0.3) is 0 Å². The number of aliphatic hydroxyl groups is 1. The molecule has 6 heteroatoms. The summed E-state index contributed by atoms with van der Waals surface area (Å²) in [7, 11) is 0. The summed E-state index contributed by atoms with van der Waals surface area (Å²) in [5, 5.41) is 9.29.